The predicted molar refractivity (Wildman–Crippen MR) is 78.8 cm³/mol. The average molecular weight is 298 g/mol. The fourth-order valence-corrected chi connectivity index (χ4v) is 2.33. The van der Waals surface area contributed by atoms with Gasteiger partial charge in [0, 0.05) is 17.5 Å². The van der Waals surface area contributed by atoms with Gasteiger partial charge >= 0.3 is 5.97 Å². The van der Waals surface area contributed by atoms with Gasteiger partial charge in [0.05, 0.1) is 0 Å². The van der Waals surface area contributed by atoms with Gasteiger partial charge in [0.15, 0.2) is 0 Å². The lowest BCUT2D eigenvalue weighted by Gasteiger charge is -2.23. The van der Waals surface area contributed by atoms with Crippen molar-refractivity contribution in [2.75, 3.05) is 13.1 Å². The summed E-state index contributed by atoms with van der Waals surface area (Å²) in [6.45, 7) is 3.95. The van der Waals surface area contributed by atoms with Crippen molar-refractivity contribution in [1.82, 2.24) is 4.90 Å². The Labute approximate surface area is 124 Å². The lowest BCUT2D eigenvalue weighted by Crippen LogP contribution is -2.40. The molecule has 0 saturated carbocycles. The molecule has 0 aliphatic heterocycles. The topological polar surface area (TPSA) is 57.6 Å². The summed E-state index contributed by atoms with van der Waals surface area (Å²) in [5.41, 5.74) is 0.977. The second kappa shape index (κ2) is 7.90. The Kier molecular flexibility index (Phi) is 6.52. The summed E-state index contributed by atoms with van der Waals surface area (Å²) in [7, 11) is 0. The minimum atomic E-state index is -0.984. The second-order valence-corrected chi connectivity index (χ2v) is 5.33. The Morgan fingerprint density at radius 3 is 2.65 bits per heavy atom. The molecule has 0 aliphatic rings. The molecule has 0 heterocycles. The molecule has 1 unspecified atom stereocenters. The SMILES string of the molecule is CCCN(CC(=O)O)C(=O)C(C)Cc1cccc(Cl)c1. The molecule has 20 heavy (non-hydrogen) atoms. The summed E-state index contributed by atoms with van der Waals surface area (Å²) in [6, 6.07) is 7.37. The molecule has 0 spiro atoms. The van der Waals surface area contributed by atoms with Crippen LogP contribution in [0.4, 0.5) is 0 Å². The number of nitrogens with zero attached hydrogens (tertiary/aromatic N) is 1. The molecular formula is C15H20ClNO3. The van der Waals surface area contributed by atoms with Crippen LogP contribution in [0.25, 0.3) is 0 Å². The molecule has 0 aromatic heterocycles. The van der Waals surface area contributed by atoms with Crippen LogP contribution in [0, 0.1) is 5.92 Å². The van der Waals surface area contributed by atoms with E-state index in [-0.39, 0.29) is 18.4 Å². The van der Waals surface area contributed by atoms with Gasteiger partial charge in [-0.05, 0) is 30.5 Å². The van der Waals surface area contributed by atoms with Crippen LogP contribution < -0.4 is 0 Å². The summed E-state index contributed by atoms with van der Waals surface area (Å²) in [4.78, 5) is 24.5. The molecule has 0 fully saturated rings. The Bertz CT molecular complexity index is 476. The van der Waals surface area contributed by atoms with E-state index in [1.165, 1.54) is 4.90 Å². The normalized spacial score (nSPS) is 11.9. The number of amides is 1. The standard InChI is InChI=1S/C15H20ClNO3/c1-3-7-17(10-14(18)19)15(20)11(2)8-12-5-4-6-13(16)9-12/h4-6,9,11H,3,7-8,10H2,1-2H3,(H,18,19). The van der Waals surface area contributed by atoms with Crippen molar-refractivity contribution in [1.29, 1.82) is 0 Å². The van der Waals surface area contributed by atoms with Crippen LogP contribution in [-0.4, -0.2) is 35.0 Å². The molecular weight excluding hydrogens is 278 g/mol. The quantitative estimate of drug-likeness (QED) is 0.842. The van der Waals surface area contributed by atoms with Gasteiger partial charge < -0.3 is 10.0 Å². The molecule has 4 nitrogen and oxygen atoms in total. The van der Waals surface area contributed by atoms with Crippen molar-refractivity contribution in [3.05, 3.63) is 34.9 Å². The molecule has 1 aromatic carbocycles. The van der Waals surface area contributed by atoms with Crippen molar-refractivity contribution >= 4 is 23.5 Å². The van der Waals surface area contributed by atoms with Gasteiger partial charge in [-0.15, -0.1) is 0 Å². The molecule has 1 rings (SSSR count). The number of benzene rings is 1. The first kappa shape index (κ1) is 16.5. The predicted octanol–water partition coefficient (Wildman–Crippen LogP) is 2.84. The van der Waals surface area contributed by atoms with Crippen molar-refractivity contribution in [3.8, 4) is 0 Å². The minimum absolute atomic E-state index is 0.130. The van der Waals surface area contributed by atoms with Gasteiger partial charge in [0.1, 0.15) is 6.54 Å². The molecule has 0 saturated heterocycles. The molecule has 5 heteroatoms. The lowest BCUT2D eigenvalue weighted by molar-refractivity contribution is -0.146. The van der Waals surface area contributed by atoms with Gasteiger partial charge in [-0.3, -0.25) is 9.59 Å². The monoisotopic (exact) mass is 297 g/mol. The zero-order valence-corrected chi connectivity index (χ0v) is 12.6. The maximum Gasteiger partial charge on any atom is 0.323 e. The number of hydrogen-bond acceptors (Lipinski definition) is 2. The van der Waals surface area contributed by atoms with Gasteiger partial charge in [-0.1, -0.05) is 37.6 Å². The first-order valence-corrected chi connectivity index (χ1v) is 7.06. The fourth-order valence-electron chi connectivity index (χ4n) is 2.12. The van der Waals surface area contributed by atoms with Gasteiger partial charge in [0.25, 0.3) is 0 Å². The van der Waals surface area contributed by atoms with E-state index < -0.39 is 5.97 Å². The molecule has 0 bridgehead atoms. The highest BCUT2D eigenvalue weighted by molar-refractivity contribution is 6.30. The van der Waals surface area contributed by atoms with Crippen molar-refractivity contribution < 1.29 is 14.7 Å². The fraction of sp³-hybridized carbons (Fsp3) is 0.467. The smallest absolute Gasteiger partial charge is 0.323 e. The van der Waals surface area contributed by atoms with Crippen molar-refractivity contribution in [3.63, 3.8) is 0 Å². The van der Waals surface area contributed by atoms with E-state index in [0.717, 1.165) is 12.0 Å². The largest absolute Gasteiger partial charge is 0.480 e. The van der Waals surface area contributed by atoms with E-state index in [1.807, 2.05) is 32.0 Å². The number of hydrogen-bond donors (Lipinski definition) is 1. The average Bonchev–Trinajstić information content (AvgIpc) is 2.36. The number of halogens is 1. The zero-order chi connectivity index (χ0) is 15.1. The van der Waals surface area contributed by atoms with E-state index in [9.17, 15) is 9.59 Å². The molecule has 110 valence electrons. The summed E-state index contributed by atoms with van der Waals surface area (Å²) in [5.74, 6) is -1.38. The van der Waals surface area contributed by atoms with Gasteiger partial charge in [0.2, 0.25) is 5.91 Å². The van der Waals surface area contributed by atoms with E-state index in [0.29, 0.717) is 18.0 Å². The van der Waals surface area contributed by atoms with Crippen LogP contribution in [0.2, 0.25) is 5.02 Å². The number of aliphatic carboxylic acids is 1. The van der Waals surface area contributed by atoms with Gasteiger partial charge in [-0.25, -0.2) is 0 Å². The van der Waals surface area contributed by atoms with E-state index in [2.05, 4.69) is 0 Å². The Balaban J connectivity index is 2.70. The van der Waals surface area contributed by atoms with Crippen LogP contribution in [0.15, 0.2) is 24.3 Å². The number of carbonyl (C=O) groups is 2. The maximum atomic E-state index is 12.3. The van der Waals surface area contributed by atoms with E-state index in [4.69, 9.17) is 16.7 Å². The van der Waals surface area contributed by atoms with E-state index >= 15 is 0 Å². The number of rotatable bonds is 7. The number of carbonyl (C=O) groups excluding carboxylic acids is 1. The van der Waals surface area contributed by atoms with Gasteiger partial charge in [-0.2, -0.15) is 0 Å². The number of carboxylic acid groups (broad SMARTS) is 1. The summed E-state index contributed by atoms with van der Waals surface area (Å²) in [6.07, 6.45) is 1.29. The first-order chi connectivity index (χ1) is 9.43. The molecule has 0 radical (unpaired) electrons. The highest BCUT2D eigenvalue weighted by Gasteiger charge is 2.22. The third kappa shape index (κ3) is 5.21. The third-order valence-corrected chi connectivity index (χ3v) is 3.22. The Morgan fingerprint density at radius 2 is 2.10 bits per heavy atom. The maximum absolute atomic E-state index is 12.3. The van der Waals surface area contributed by atoms with Crippen LogP contribution in [0.3, 0.4) is 0 Å². The van der Waals surface area contributed by atoms with Crippen LogP contribution in [0.1, 0.15) is 25.8 Å². The molecule has 1 N–H and O–H groups in total. The second-order valence-electron chi connectivity index (χ2n) is 4.89. The highest BCUT2D eigenvalue weighted by atomic mass is 35.5. The molecule has 1 atom stereocenters. The highest BCUT2D eigenvalue weighted by Crippen LogP contribution is 2.16. The third-order valence-electron chi connectivity index (χ3n) is 2.98. The summed E-state index contributed by atoms with van der Waals surface area (Å²) < 4.78 is 0. The van der Waals surface area contributed by atoms with E-state index in [1.54, 1.807) is 6.07 Å². The minimum Gasteiger partial charge on any atom is -0.480 e. The van der Waals surface area contributed by atoms with Crippen LogP contribution in [-0.2, 0) is 16.0 Å². The summed E-state index contributed by atoms with van der Waals surface area (Å²) in [5, 5.41) is 9.49. The first-order valence-electron chi connectivity index (χ1n) is 6.69. The molecule has 0 aliphatic carbocycles. The zero-order valence-electron chi connectivity index (χ0n) is 11.8. The molecule has 1 aromatic rings. The van der Waals surface area contributed by atoms with Crippen LogP contribution in [0.5, 0.6) is 0 Å². The van der Waals surface area contributed by atoms with Crippen molar-refractivity contribution in [2.45, 2.75) is 26.7 Å². The Morgan fingerprint density at radius 1 is 1.40 bits per heavy atom. The Hall–Kier alpha value is -1.55. The van der Waals surface area contributed by atoms with Crippen molar-refractivity contribution in [2.24, 2.45) is 5.92 Å². The summed E-state index contributed by atoms with van der Waals surface area (Å²) >= 11 is 5.92. The van der Waals surface area contributed by atoms with Crippen LogP contribution >= 0.6 is 11.6 Å². The molecule has 1 amide bonds. The lowest BCUT2D eigenvalue weighted by atomic mass is 9.99. The number of carboxylic acids is 1.